The smallest absolute Gasteiger partial charge is 0.306 e. The third-order valence-corrected chi connectivity index (χ3v) is 9.43. The summed E-state index contributed by atoms with van der Waals surface area (Å²) in [6.07, 6.45) is 66.2. The first-order chi connectivity index (χ1) is 30.0. The van der Waals surface area contributed by atoms with E-state index in [1.807, 2.05) is 0 Å². The molecule has 0 aliphatic carbocycles. The number of ether oxygens (including phenoxy) is 3. The summed E-state index contributed by atoms with van der Waals surface area (Å²) in [7, 11) is 0. The molecule has 0 saturated heterocycles. The average Bonchev–Trinajstić information content (AvgIpc) is 3.26. The second-order valence-electron chi connectivity index (χ2n) is 15.2. The van der Waals surface area contributed by atoms with E-state index in [1.165, 1.54) is 25.7 Å². The molecule has 0 N–H and O–H groups in total. The highest BCUT2D eigenvalue weighted by Crippen LogP contribution is 2.11. The van der Waals surface area contributed by atoms with Gasteiger partial charge in [-0.15, -0.1) is 0 Å². The Hall–Kier alpha value is -4.19. The van der Waals surface area contributed by atoms with E-state index in [2.05, 4.69) is 142 Å². The molecule has 0 fully saturated rings. The molecule has 6 nitrogen and oxygen atoms in total. The monoisotopic (exact) mass is 843 g/mol. The van der Waals surface area contributed by atoms with Gasteiger partial charge in [0.2, 0.25) is 0 Å². The Balaban J connectivity index is 4.58. The topological polar surface area (TPSA) is 78.9 Å². The third kappa shape index (κ3) is 46.7. The standard InChI is InChI=1S/C55H86O6/c1-4-7-10-13-16-19-22-24-26-27-29-31-34-37-40-43-46-49-55(58)61-52(50-59-53(56)47-44-41-38-35-32-21-18-15-12-9-6-3)51-60-54(57)48-45-42-39-36-33-30-28-25-23-20-17-14-11-8-5-2/h7-8,10-11,15-20,24-26,28-29,31,33,36-37,40,52H,4-6,9,12-14,21-23,27,30,32,34-35,38-39,41-51H2,1-3H3/b10-7-,11-8-,18-15-,19-16-,20-17-,26-24-,28-25-,31-29-,36-33-,40-37-/t52-/m0/s1. The summed E-state index contributed by atoms with van der Waals surface area (Å²) in [6, 6.07) is 0. The van der Waals surface area contributed by atoms with Crippen molar-refractivity contribution in [3.05, 3.63) is 122 Å². The lowest BCUT2D eigenvalue weighted by molar-refractivity contribution is -0.167. The molecule has 0 rings (SSSR count). The lowest BCUT2D eigenvalue weighted by atomic mass is 10.1. The fraction of sp³-hybridized carbons (Fsp3) is 0.582. The first-order valence-electron chi connectivity index (χ1n) is 24.0. The summed E-state index contributed by atoms with van der Waals surface area (Å²) >= 11 is 0. The fourth-order valence-electron chi connectivity index (χ4n) is 5.86. The summed E-state index contributed by atoms with van der Waals surface area (Å²) in [5, 5.41) is 0. The van der Waals surface area contributed by atoms with Crippen molar-refractivity contribution in [3.63, 3.8) is 0 Å². The minimum atomic E-state index is -0.830. The molecule has 0 unspecified atom stereocenters. The number of rotatable bonds is 41. The molecule has 0 aliphatic heterocycles. The van der Waals surface area contributed by atoms with Gasteiger partial charge in [0.15, 0.2) is 6.10 Å². The van der Waals surface area contributed by atoms with E-state index in [0.717, 1.165) is 109 Å². The van der Waals surface area contributed by atoms with Gasteiger partial charge in [0, 0.05) is 19.3 Å². The van der Waals surface area contributed by atoms with Crippen LogP contribution in [0.4, 0.5) is 0 Å². The molecule has 6 heteroatoms. The molecule has 0 aliphatic rings. The summed E-state index contributed by atoms with van der Waals surface area (Å²) in [6.45, 7) is 6.25. The maximum atomic E-state index is 12.7. The van der Waals surface area contributed by atoms with E-state index >= 15 is 0 Å². The van der Waals surface area contributed by atoms with Crippen LogP contribution in [0.2, 0.25) is 0 Å². The Morgan fingerprint density at radius 1 is 0.344 bits per heavy atom. The predicted molar refractivity (Wildman–Crippen MR) is 260 cm³/mol. The quantitative estimate of drug-likeness (QED) is 0.0264. The molecule has 0 radical (unpaired) electrons. The zero-order valence-corrected chi connectivity index (χ0v) is 38.9. The molecular formula is C55H86O6. The first-order valence-corrected chi connectivity index (χ1v) is 24.0. The summed E-state index contributed by atoms with van der Waals surface area (Å²) in [5.41, 5.74) is 0. The Bertz CT molecular complexity index is 1340. The van der Waals surface area contributed by atoms with Gasteiger partial charge < -0.3 is 14.2 Å². The highest BCUT2D eigenvalue weighted by Gasteiger charge is 2.19. The van der Waals surface area contributed by atoms with Gasteiger partial charge in [-0.3, -0.25) is 14.4 Å². The molecule has 1 atom stereocenters. The van der Waals surface area contributed by atoms with Gasteiger partial charge >= 0.3 is 17.9 Å². The number of hydrogen-bond donors (Lipinski definition) is 0. The molecule has 0 heterocycles. The minimum Gasteiger partial charge on any atom is -0.462 e. The molecule has 0 spiro atoms. The van der Waals surface area contributed by atoms with Crippen LogP contribution in [-0.4, -0.2) is 37.2 Å². The molecule has 342 valence electrons. The maximum absolute atomic E-state index is 12.7. The Morgan fingerprint density at radius 2 is 0.656 bits per heavy atom. The van der Waals surface area contributed by atoms with Crippen LogP contribution in [0.5, 0.6) is 0 Å². The van der Waals surface area contributed by atoms with E-state index in [9.17, 15) is 14.4 Å². The molecule has 0 amide bonds. The van der Waals surface area contributed by atoms with Gasteiger partial charge in [0.05, 0.1) is 0 Å². The van der Waals surface area contributed by atoms with Crippen LogP contribution in [0.25, 0.3) is 0 Å². The second-order valence-corrected chi connectivity index (χ2v) is 15.2. The third-order valence-electron chi connectivity index (χ3n) is 9.43. The van der Waals surface area contributed by atoms with Gasteiger partial charge in [-0.2, -0.15) is 0 Å². The lowest BCUT2D eigenvalue weighted by Gasteiger charge is -2.18. The summed E-state index contributed by atoms with van der Waals surface area (Å²) < 4.78 is 16.6. The van der Waals surface area contributed by atoms with Crippen LogP contribution in [0, 0.1) is 0 Å². The Labute approximate surface area is 373 Å². The maximum Gasteiger partial charge on any atom is 0.306 e. The average molecular weight is 843 g/mol. The van der Waals surface area contributed by atoms with Crippen LogP contribution in [-0.2, 0) is 28.6 Å². The van der Waals surface area contributed by atoms with E-state index in [4.69, 9.17) is 14.2 Å². The number of allylic oxidation sites excluding steroid dienone is 20. The number of carbonyl (C=O) groups is 3. The van der Waals surface area contributed by atoms with Gasteiger partial charge in [-0.1, -0.05) is 174 Å². The number of unbranched alkanes of at least 4 members (excludes halogenated alkanes) is 10. The van der Waals surface area contributed by atoms with Crippen LogP contribution >= 0.6 is 0 Å². The molecule has 61 heavy (non-hydrogen) atoms. The minimum absolute atomic E-state index is 0.122. The Morgan fingerprint density at radius 3 is 1.10 bits per heavy atom. The molecule has 0 aromatic heterocycles. The first kappa shape index (κ1) is 56.8. The Kier molecular flexibility index (Phi) is 45.1. The van der Waals surface area contributed by atoms with Gasteiger partial charge in [-0.05, 0) is 116 Å². The largest absolute Gasteiger partial charge is 0.462 e. The molecule has 0 aromatic carbocycles. The normalized spacial score (nSPS) is 13.2. The fourth-order valence-corrected chi connectivity index (χ4v) is 5.86. The zero-order chi connectivity index (χ0) is 44.4. The second kappa shape index (κ2) is 48.5. The summed E-state index contributed by atoms with van der Waals surface area (Å²) in [4.78, 5) is 37.8. The van der Waals surface area contributed by atoms with E-state index < -0.39 is 6.10 Å². The van der Waals surface area contributed by atoms with Crippen LogP contribution in [0.3, 0.4) is 0 Å². The number of esters is 3. The molecule has 0 bridgehead atoms. The van der Waals surface area contributed by atoms with Crippen molar-refractivity contribution in [1.29, 1.82) is 0 Å². The number of carbonyl (C=O) groups excluding carboxylic acids is 3. The van der Waals surface area contributed by atoms with E-state index in [-0.39, 0.29) is 44.0 Å². The van der Waals surface area contributed by atoms with Crippen molar-refractivity contribution in [2.75, 3.05) is 13.2 Å². The van der Waals surface area contributed by atoms with Gasteiger partial charge in [0.25, 0.3) is 0 Å². The van der Waals surface area contributed by atoms with Crippen molar-refractivity contribution in [2.24, 2.45) is 0 Å². The van der Waals surface area contributed by atoms with Crippen molar-refractivity contribution in [2.45, 2.75) is 194 Å². The van der Waals surface area contributed by atoms with Crippen molar-refractivity contribution in [1.82, 2.24) is 0 Å². The lowest BCUT2D eigenvalue weighted by Crippen LogP contribution is -2.30. The van der Waals surface area contributed by atoms with Crippen LogP contribution in [0.15, 0.2) is 122 Å². The molecule has 0 saturated carbocycles. The summed E-state index contributed by atoms with van der Waals surface area (Å²) in [5.74, 6) is -1.05. The zero-order valence-electron chi connectivity index (χ0n) is 38.9. The van der Waals surface area contributed by atoms with E-state index in [0.29, 0.717) is 19.3 Å². The van der Waals surface area contributed by atoms with Gasteiger partial charge in [0.1, 0.15) is 13.2 Å². The van der Waals surface area contributed by atoms with Crippen LogP contribution in [0.1, 0.15) is 188 Å². The van der Waals surface area contributed by atoms with Crippen LogP contribution < -0.4 is 0 Å². The molecule has 0 aromatic rings. The number of hydrogen-bond acceptors (Lipinski definition) is 6. The van der Waals surface area contributed by atoms with Crippen molar-refractivity contribution < 1.29 is 28.6 Å². The van der Waals surface area contributed by atoms with Gasteiger partial charge in [-0.25, -0.2) is 0 Å². The van der Waals surface area contributed by atoms with E-state index in [1.54, 1.807) is 0 Å². The van der Waals surface area contributed by atoms with Crippen molar-refractivity contribution in [3.8, 4) is 0 Å². The highest BCUT2D eigenvalue weighted by atomic mass is 16.6. The van der Waals surface area contributed by atoms with Crippen molar-refractivity contribution >= 4 is 17.9 Å². The highest BCUT2D eigenvalue weighted by molar-refractivity contribution is 5.71. The predicted octanol–water partition coefficient (Wildman–Crippen LogP) is 15.7. The molecular weight excluding hydrogens is 757 g/mol. The SMILES string of the molecule is CC/C=C\C/C=C\C/C=C\C/C=C\C/C=C\CCCC(=O)O[C@H](COC(=O)CCCC/C=C\C/C=C\C/C=C\C/C=C\CC)COC(=O)CCCCCCC/C=C\CCCC.